The van der Waals surface area contributed by atoms with E-state index in [0.29, 0.717) is 0 Å². The number of imidazole rings is 1. The zero-order valence-electron chi connectivity index (χ0n) is 17.6. The van der Waals surface area contributed by atoms with Crippen LogP contribution in [-0.4, -0.2) is 38.3 Å². The van der Waals surface area contributed by atoms with Gasteiger partial charge in [-0.1, -0.05) is 29.8 Å². The number of aromatic nitrogens is 3. The highest BCUT2D eigenvalue weighted by molar-refractivity contribution is 5.94. The molecule has 5 rings (SSSR count). The maximum Gasteiger partial charge on any atom is 0.253 e. The van der Waals surface area contributed by atoms with Gasteiger partial charge in [-0.25, -0.2) is 4.98 Å². The Hall–Kier alpha value is -3.67. The first kappa shape index (κ1) is 19.3. The SMILES string of the molecule is Cc1ccc(-c2nc3cnccn3c2Nc2ccc(C(=O)N3CCCCC3)cc2)cc1. The molecule has 1 amide bonds. The van der Waals surface area contributed by atoms with Gasteiger partial charge < -0.3 is 10.2 Å². The van der Waals surface area contributed by atoms with E-state index in [0.717, 1.165) is 59.9 Å². The number of carbonyl (C=O) groups excluding carboxylic acids is 1. The predicted molar refractivity (Wildman–Crippen MR) is 123 cm³/mol. The molecule has 0 atom stereocenters. The van der Waals surface area contributed by atoms with Gasteiger partial charge in [0.1, 0.15) is 11.5 Å². The number of nitrogens with zero attached hydrogens (tertiary/aromatic N) is 4. The lowest BCUT2D eigenvalue weighted by atomic mass is 10.1. The van der Waals surface area contributed by atoms with Crippen molar-refractivity contribution in [2.24, 2.45) is 0 Å². The van der Waals surface area contributed by atoms with Crippen LogP contribution < -0.4 is 5.32 Å². The molecule has 0 bridgehead atoms. The molecular formula is C25H25N5O. The van der Waals surface area contributed by atoms with Crippen LogP contribution in [0.15, 0.2) is 67.1 Å². The third kappa shape index (κ3) is 3.89. The standard InChI is InChI=1S/C25H25N5O/c1-18-5-7-19(8-6-18)23-24(30-16-13-26-17-22(30)28-23)27-21-11-9-20(10-12-21)25(31)29-14-3-2-4-15-29/h5-13,16-17,27H,2-4,14-15H2,1H3. The molecule has 1 aliphatic heterocycles. The van der Waals surface area contributed by atoms with Crippen molar-refractivity contribution in [2.75, 3.05) is 18.4 Å². The van der Waals surface area contributed by atoms with Gasteiger partial charge in [0.25, 0.3) is 5.91 Å². The van der Waals surface area contributed by atoms with E-state index < -0.39 is 0 Å². The van der Waals surface area contributed by atoms with Gasteiger partial charge in [-0.05, 0) is 50.5 Å². The first-order valence-corrected chi connectivity index (χ1v) is 10.7. The molecule has 6 nitrogen and oxygen atoms in total. The van der Waals surface area contributed by atoms with E-state index in [1.165, 1.54) is 12.0 Å². The lowest BCUT2D eigenvalue weighted by Gasteiger charge is -2.26. The van der Waals surface area contributed by atoms with Crippen molar-refractivity contribution in [1.29, 1.82) is 0 Å². The van der Waals surface area contributed by atoms with E-state index in [2.05, 4.69) is 41.5 Å². The molecule has 156 valence electrons. The summed E-state index contributed by atoms with van der Waals surface area (Å²) < 4.78 is 2.00. The summed E-state index contributed by atoms with van der Waals surface area (Å²) in [5, 5.41) is 3.50. The van der Waals surface area contributed by atoms with Gasteiger partial charge in [0.05, 0.1) is 6.20 Å². The third-order valence-corrected chi connectivity index (χ3v) is 5.79. The Morgan fingerprint density at radius 3 is 2.45 bits per heavy atom. The van der Waals surface area contributed by atoms with Gasteiger partial charge in [-0.3, -0.25) is 14.2 Å². The zero-order chi connectivity index (χ0) is 21.2. The smallest absolute Gasteiger partial charge is 0.253 e. The van der Waals surface area contributed by atoms with Crippen molar-refractivity contribution in [3.05, 3.63) is 78.2 Å². The topological polar surface area (TPSA) is 62.5 Å². The molecule has 6 heteroatoms. The second-order valence-corrected chi connectivity index (χ2v) is 8.03. The summed E-state index contributed by atoms with van der Waals surface area (Å²) in [5.41, 5.74) is 5.51. The summed E-state index contributed by atoms with van der Waals surface area (Å²) in [6.07, 6.45) is 8.80. The van der Waals surface area contributed by atoms with Crippen molar-refractivity contribution in [3.8, 4) is 11.3 Å². The minimum absolute atomic E-state index is 0.118. The number of hydrogen-bond acceptors (Lipinski definition) is 4. The van der Waals surface area contributed by atoms with E-state index in [9.17, 15) is 4.79 Å². The molecule has 4 aromatic rings. The fraction of sp³-hybridized carbons (Fsp3) is 0.240. The minimum atomic E-state index is 0.118. The molecule has 1 saturated heterocycles. The minimum Gasteiger partial charge on any atom is -0.339 e. The molecule has 0 radical (unpaired) electrons. The summed E-state index contributed by atoms with van der Waals surface area (Å²) in [6, 6.07) is 16.0. The summed E-state index contributed by atoms with van der Waals surface area (Å²) >= 11 is 0. The summed E-state index contributed by atoms with van der Waals surface area (Å²) in [6.45, 7) is 3.78. The van der Waals surface area contributed by atoms with Gasteiger partial charge in [-0.15, -0.1) is 0 Å². The highest BCUT2D eigenvalue weighted by Crippen LogP contribution is 2.31. The maximum atomic E-state index is 12.8. The molecule has 31 heavy (non-hydrogen) atoms. The molecule has 0 unspecified atom stereocenters. The number of fused-ring (bicyclic) bond motifs is 1. The van der Waals surface area contributed by atoms with Gasteiger partial charge in [0, 0.05) is 42.3 Å². The van der Waals surface area contributed by atoms with Crippen molar-refractivity contribution in [2.45, 2.75) is 26.2 Å². The third-order valence-electron chi connectivity index (χ3n) is 5.79. The fourth-order valence-electron chi connectivity index (χ4n) is 4.05. The van der Waals surface area contributed by atoms with E-state index >= 15 is 0 Å². The fourth-order valence-corrected chi connectivity index (χ4v) is 4.05. The van der Waals surface area contributed by atoms with E-state index in [1.54, 1.807) is 12.4 Å². The number of piperidine rings is 1. The van der Waals surface area contributed by atoms with Crippen LogP contribution in [0.1, 0.15) is 35.2 Å². The van der Waals surface area contributed by atoms with Crippen LogP contribution >= 0.6 is 0 Å². The van der Waals surface area contributed by atoms with Crippen molar-refractivity contribution in [1.82, 2.24) is 19.3 Å². The molecule has 1 aliphatic rings. The van der Waals surface area contributed by atoms with Gasteiger partial charge in [-0.2, -0.15) is 0 Å². The number of carbonyl (C=O) groups is 1. The number of nitrogens with one attached hydrogen (secondary N) is 1. The van der Waals surface area contributed by atoms with Crippen LogP contribution in [0.25, 0.3) is 16.9 Å². The Kier molecular flexibility index (Phi) is 5.12. The van der Waals surface area contributed by atoms with E-state index in [4.69, 9.17) is 4.98 Å². The van der Waals surface area contributed by atoms with Crippen LogP contribution in [0.5, 0.6) is 0 Å². The van der Waals surface area contributed by atoms with E-state index in [-0.39, 0.29) is 5.91 Å². The van der Waals surface area contributed by atoms with Crippen molar-refractivity contribution < 1.29 is 4.79 Å². The van der Waals surface area contributed by atoms with Crippen LogP contribution in [-0.2, 0) is 0 Å². The average molecular weight is 412 g/mol. The first-order chi connectivity index (χ1) is 15.2. The number of aryl methyl sites for hydroxylation is 1. The Morgan fingerprint density at radius 2 is 1.71 bits per heavy atom. The molecule has 3 heterocycles. The van der Waals surface area contributed by atoms with Gasteiger partial charge in [0.15, 0.2) is 5.65 Å². The molecule has 1 fully saturated rings. The predicted octanol–water partition coefficient (Wildman–Crippen LogP) is 5.07. The molecular weight excluding hydrogens is 386 g/mol. The number of anilines is 2. The highest BCUT2D eigenvalue weighted by Gasteiger charge is 2.18. The number of rotatable bonds is 4. The number of amides is 1. The monoisotopic (exact) mass is 411 g/mol. The molecule has 1 N–H and O–H groups in total. The Morgan fingerprint density at radius 1 is 0.968 bits per heavy atom. The second kappa shape index (κ2) is 8.22. The first-order valence-electron chi connectivity index (χ1n) is 10.7. The number of hydrogen-bond donors (Lipinski definition) is 1. The quantitative estimate of drug-likeness (QED) is 0.509. The lowest BCUT2D eigenvalue weighted by Crippen LogP contribution is -2.35. The lowest BCUT2D eigenvalue weighted by molar-refractivity contribution is 0.0724. The number of benzene rings is 2. The van der Waals surface area contributed by atoms with Crippen LogP contribution in [0.4, 0.5) is 11.5 Å². The van der Waals surface area contributed by atoms with Gasteiger partial charge >= 0.3 is 0 Å². The van der Waals surface area contributed by atoms with Crippen LogP contribution in [0.3, 0.4) is 0 Å². The molecule has 2 aromatic heterocycles. The zero-order valence-corrected chi connectivity index (χ0v) is 17.6. The second-order valence-electron chi connectivity index (χ2n) is 8.03. The highest BCUT2D eigenvalue weighted by atomic mass is 16.2. The Labute approximate surface area is 181 Å². The van der Waals surface area contributed by atoms with Crippen molar-refractivity contribution >= 4 is 23.1 Å². The summed E-state index contributed by atoms with van der Waals surface area (Å²) in [5.74, 6) is 0.990. The maximum absolute atomic E-state index is 12.8. The average Bonchev–Trinajstić information content (AvgIpc) is 3.18. The summed E-state index contributed by atoms with van der Waals surface area (Å²) in [4.78, 5) is 23.7. The Bertz CT molecular complexity index is 1210. The molecule has 0 spiro atoms. The Balaban J connectivity index is 1.45. The molecule has 0 aliphatic carbocycles. The van der Waals surface area contributed by atoms with E-state index in [1.807, 2.05) is 39.8 Å². The van der Waals surface area contributed by atoms with Gasteiger partial charge in [0.2, 0.25) is 0 Å². The summed E-state index contributed by atoms with van der Waals surface area (Å²) in [7, 11) is 0. The molecule has 2 aromatic carbocycles. The largest absolute Gasteiger partial charge is 0.339 e. The number of likely N-dealkylation sites (tertiary alicyclic amines) is 1. The normalized spacial score (nSPS) is 14.0. The van der Waals surface area contributed by atoms with Crippen LogP contribution in [0.2, 0.25) is 0 Å². The van der Waals surface area contributed by atoms with Crippen LogP contribution in [0, 0.1) is 6.92 Å². The molecule has 0 saturated carbocycles. The van der Waals surface area contributed by atoms with Crippen molar-refractivity contribution in [3.63, 3.8) is 0 Å².